The van der Waals surface area contributed by atoms with E-state index in [0.29, 0.717) is 16.2 Å². The van der Waals surface area contributed by atoms with Crippen molar-refractivity contribution in [2.24, 2.45) is 0 Å². The van der Waals surface area contributed by atoms with E-state index in [1.807, 2.05) is 12.1 Å². The van der Waals surface area contributed by atoms with Gasteiger partial charge in [-0.05, 0) is 43.2 Å². The van der Waals surface area contributed by atoms with E-state index >= 15 is 0 Å². The fourth-order valence-corrected chi connectivity index (χ4v) is 4.46. The van der Waals surface area contributed by atoms with Crippen molar-refractivity contribution in [1.82, 2.24) is 10.3 Å². The first-order valence-corrected chi connectivity index (χ1v) is 9.31. The Morgan fingerprint density at radius 3 is 2.88 bits per heavy atom. The van der Waals surface area contributed by atoms with Gasteiger partial charge in [0.05, 0.1) is 11.3 Å². The van der Waals surface area contributed by atoms with E-state index < -0.39 is 0 Å². The summed E-state index contributed by atoms with van der Waals surface area (Å²) in [5, 5.41) is 3.78. The molecule has 6 heteroatoms. The third-order valence-electron chi connectivity index (χ3n) is 4.79. The normalized spacial score (nSPS) is 17.0. The van der Waals surface area contributed by atoms with Gasteiger partial charge in [0.15, 0.2) is 0 Å². The summed E-state index contributed by atoms with van der Waals surface area (Å²) < 4.78 is 0. The van der Waals surface area contributed by atoms with E-state index in [1.165, 1.54) is 24.6 Å². The summed E-state index contributed by atoms with van der Waals surface area (Å²) in [5.74, 6) is -0.132. The Morgan fingerprint density at radius 1 is 1.28 bits per heavy atom. The van der Waals surface area contributed by atoms with Crippen molar-refractivity contribution in [2.45, 2.75) is 41.6 Å². The summed E-state index contributed by atoms with van der Waals surface area (Å²) in [4.78, 5) is 32.0. The molecular weight excluding hydrogens is 334 g/mol. The number of nitrogens with one attached hydrogen (secondary N) is 1. The molecule has 1 N–H and O–H groups in total. The number of fused-ring (bicyclic) bond motifs is 2. The molecule has 1 aliphatic heterocycles. The van der Waals surface area contributed by atoms with Crippen LogP contribution in [0.15, 0.2) is 46.5 Å². The molecule has 2 heterocycles. The highest BCUT2D eigenvalue weighted by Crippen LogP contribution is 2.40. The number of hydrogen-bond donors (Lipinski definition) is 1. The third kappa shape index (κ3) is 3.02. The number of carbonyl (C=O) groups is 2. The van der Waals surface area contributed by atoms with Crippen molar-refractivity contribution in [3.8, 4) is 0 Å². The van der Waals surface area contributed by atoms with Gasteiger partial charge in [0.2, 0.25) is 0 Å². The number of amides is 2. The molecule has 0 bridgehead atoms. The van der Waals surface area contributed by atoms with Gasteiger partial charge in [-0.1, -0.05) is 24.6 Å². The van der Waals surface area contributed by atoms with Gasteiger partial charge in [0, 0.05) is 29.7 Å². The molecule has 1 aromatic carbocycles. The summed E-state index contributed by atoms with van der Waals surface area (Å²) in [6, 6.07) is 9.32. The van der Waals surface area contributed by atoms with E-state index in [-0.39, 0.29) is 17.9 Å². The van der Waals surface area contributed by atoms with Crippen LogP contribution in [0, 0.1) is 0 Å². The number of hydrogen-bond acceptors (Lipinski definition) is 4. The van der Waals surface area contributed by atoms with Crippen LogP contribution in [-0.2, 0) is 0 Å². The molecule has 2 aliphatic rings. The maximum atomic E-state index is 12.6. The first-order valence-electron chi connectivity index (χ1n) is 8.49. The lowest BCUT2D eigenvalue weighted by molar-refractivity contribution is 0.0937. The molecule has 0 atom stereocenters. The molecule has 128 valence electrons. The Kier molecular flexibility index (Phi) is 4.21. The second kappa shape index (κ2) is 6.52. The van der Waals surface area contributed by atoms with Crippen molar-refractivity contribution in [3.63, 3.8) is 0 Å². The van der Waals surface area contributed by atoms with Gasteiger partial charge in [0.1, 0.15) is 5.03 Å². The molecule has 2 aromatic rings. The van der Waals surface area contributed by atoms with E-state index in [1.54, 1.807) is 36.3 Å². The van der Waals surface area contributed by atoms with Crippen LogP contribution in [-0.4, -0.2) is 29.9 Å². The van der Waals surface area contributed by atoms with Gasteiger partial charge in [-0.3, -0.25) is 9.59 Å². The van der Waals surface area contributed by atoms with Gasteiger partial charge < -0.3 is 10.2 Å². The maximum absolute atomic E-state index is 12.6. The van der Waals surface area contributed by atoms with Crippen LogP contribution in [0.1, 0.15) is 46.4 Å². The predicted octanol–water partition coefficient (Wildman–Crippen LogP) is 3.50. The third-order valence-corrected chi connectivity index (χ3v) is 5.85. The number of nitrogens with zero attached hydrogens (tertiary/aromatic N) is 2. The van der Waals surface area contributed by atoms with Crippen molar-refractivity contribution in [2.75, 3.05) is 11.9 Å². The van der Waals surface area contributed by atoms with E-state index in [0.717, 1.165) is 23.4 Å². The zero-order valence-electron chi connectivity index (χ0n) is 14.0. The minimum atomic E-state index is -0.0856. The first kappa shape index (κ1) is 16.1. The summed E-state index contributed by atoms with van der Waals surface area (Å²) >= 11 is 1.43. The number of aromatic nitrogens is 1. The van der Waals surface area contributed by atoms with Gasteiger partial charge in [-0.15, -0.1) is 0 Å². The minimum absolute atomic E-state index is 0.0465. The minimum Gasteiger partial charge on any atom is -0.349 e. The van der Waals surface area contributed by atoms with Crippen LogP contribution < -0.4 is 10.2 Å². The molecule has 0 unspecified atom stereocenters. The van der Waals surface area contributed by atoms with Gasteiger partial charge in [0.25, 0.3) is 11.8 Å². The average Bonchev–Trinajstić information content (AvgIpc) is 3.10. The van der Waals surface area contributed by atoms with Gasteiger partial charge in [-0.25, -0.2) is 4.98 Å². The quantitative estimate of drug-likeness (QED) is 0.898. The number of benzene rings is 1. The second-order valence-corrected chi connectivity index (χ2v) is 7.49. The Morgan fingerprint density at radius 2 is 2.08 bits per heavy atom. The summed E-state index contributed by atoms with van der Waals surface area (Å²) in [6.07, 6.45) is 6.15. The molecule has 1 saturated carbocycles. The molecule has 4 rings (SSSR count). The van der Waals surface area contributed by atoms with Crippen LogP contribution in [0.4, 0.5) is 5.69 Å². The fourth-order valence-electron chi connectivity index (χ4n) is 3.38. The molecule has 1 aromatic heterocycles. The van der Waals surface area contributed by atoms with E-state index in [2.05, 4.69) is 10.3 Å². The zero-order valence-corrected chi connectivity index (χ0v) is 14.8. The Hall–Kier alpha value is -2.34. The van der Waals surface area contributed by atoms with Crippen molar-refractivity contribution in [3.05, 3.63) is 47.7 Å². The predicted molar refractivity (Wildman–Crippen MR) is 97.3 cm³/mol. The SMILES string of the molecule is CN1C(=O)c2cccnc2Sc2cc(C(=O)NC3CCCC3)ccc21. The topological polar surface area (TPSA) is 62.3 Å². The highest BCUT2D eigenvalue weighted by Gasteiger charge is 2.26. The highest BCUT2D eigenvalue weighted by molar-refractivity contribution is 7.99. The number of anilines is 1. The van der Waals surface area contributed by atoms with Crippen LogP contribution in [0.5, 0.6) is 0 Å². The average molecular weight is 353 g/mol. The van der Waals surface area contributed by atoms with Crippen molar-refractivity contribution in [1.29, 1.82) is 0 Å². The van der Waals surface area contributed by atoms with Crippen molar-refractivity contribution < 1.29 is 9.59 Å². The molecule has 2 amide bonds. The van der Waals surface area contributed by atoms with Gasteiger partial charge in [-0.2, -0.15) is 0 Å². The van der Waals surface area contributed by atoms with Crippen LogP contribution in [0.25, 0.3) is 0 Å². The lowest BCUT2D eigenvalue weighted by Crippen LogP contribution is -2.32. The second-order valence-electron chi connectivity index (χ2n) is 6.46. The molecule has 25 heavy (non-hydrogen) atoms. The molecule has 1 fully saturated rings. The molecule has 0 saturated heterocycles. The largest absolute Gasteiger partial charge is 0.349 e. The number of carbonyl (C=O) groups excluding carboxylic acids is 2. The van der Waals surface area contributed by atoms with Crippen LogP contribution in [0.2, 0.25) is 0 Å². The monoisotopic (exact) mass is 353 g/mol. The summed E-state index contributed by atoms with van der Waals surface area (Å²) in [5.41, 5.74) is 2.01. The highest BCUT2D eigenvalue weighted by atomic mass is 32.2. The number of pyridine rings is 1. The Bertz CT molecular complexity index is 846. The fraction of sp³-hybridized carbons (Fsp3) is 0.316. The molecule has 5 nitrogen and oxygen atoms in total. The molecule has 0 radical (unpaired) electrons. The zero-order chi connectivity index (χ0) is 17.4. The van der Waals surface area contributed by atoms with Crippen LogP contribution in [0.3, 0.4) is 0 Å². The molecule has 0 spiro atoms. The van der Waals surface area contributed by atoms with Gasteiger partial charge >= 0.3 is 0 Å². The lowest BCUT2D eigenvalue weighted by Gasteiger charge is -2.18. The van der Waals surface area contributed by atoms with E-state index in [9.17, 15) is 9.59 Å². The van der Waals surface area contributed by atoms with Crippen LogP contribution >= 0.6 is 11.8 Å². The maximum Gasteiger partial charge on any atom is 0.260 e. The lowest BCUT2D eigenvalue weighted by atomic mass is 10.1. The first-order chi connectivity index (χ1) is 12.1. The number of rotatable bonds is 2. The Balaban J connectivity index is 1.67. The van der Waals surface area contributed by atoms with E-state index in [4.69, 9.17) is 0 Å². The summed E-state index contributed by atoms with van der Waals surface area (Å²) in [6.45, 7) is 0. The smallest absolute Gasteiger partial charge is 0.260 e. The van der Waals surface area contributed by atoms with Crippen molar-refractivity contribution >= 4 is 29.3 Å². The molecule has 1 aliphatic carbocycles. The molecular formula is C19H19N3O2S. The standard InChI is InChI=1S/C19H19N3O2S/c1-22-15-9-8-12(17(23)21-13-5-2-3-6-13)11-16(15)25-18-14(19(22)24)7-4-10-20-18/h4,7-11,13H,2-3,5-6H2,1H3,(H,21,23). The Labute approximate surface area is 150 Å². The summed E-state index contributed by atoms with van der Waals surface area (Å²) in [7, 11) is 1.75.